The number of thiophene rings is 1. The Morgan fingerprint density at radius 3 is 2.62 bits per heavy atom. The van der Waals surface area contributed by atoms with Crippen LogP contribution in [0.3, 0.4) is 0 Å². The molecule has 1 amide bonds. The molecule has 0 N–H and O–H groups in total. The zero-order chi connectivity index (χ0) is 14.8. The Labute approximate surface area is 129 Å². The van der Waals surface area contributed by atoms with Crippen molar-refractivity contribution in [2.45, 2.75) is 12.3 Å². The number of likely N-dealkylation sites (tertiary alicyclic amines) is 1. The maximum absolute atomic E-state index is 12.6. The summed E-state index contributed by atoms with van der Waals surface area (Å²) in [4.78, 5) is 18.0. The molecule has 3 rings (SSSR count). The van der Waals surface area contributed by atoms with Gasteiger partial charge in [-0.3, -0.25) is 4.79 Å². The van der Waals surface area contributed by atoms with E-state index in [1.807, 2.05) is 48.2 Å². The highest BCUT2D eigenvalue weighted by Gasteiger charge is 2.28. The molecule has 0 radical (unpaired) electrons. The molecule has 1 atom stereocenters. The predicted octanol–water partition coefficient (Wildman–Crippen LogP) is 3.44. The van der Waals surface area contributed by atoms with Gasteiger partial charge in [-0.2, -0.15) is 0 Å². The molecule has 1 aromatic carbocycles. The van der Waals surface area contributed by atoms with E-state index in [2.05, 4.69) is 17.5 Å². The molecule has 0 spiro atoms. The topological polar surface area (TPSA) is 23.6 Å². The maximum Gasteiger partial charge on any atom is 0.253 e. The number of hydrogen-bond donors (Lipinski definition) is 0. The number of amides is 1. The van der Waals surface area contributed by atoms with Gasteiger partial charge in [-0.25, -0.2) is 0 Å². The smallest absolute Gasteiger partial charge is 0.253 e. The van der Waals surface area contributed by atoms with Crippen molar-refractivity contribution in [3.05, 3.63) is 52.2 Å². The molecule has 1 aliphatic heterocycles. The van der Waals surface area contributed by atoms with Crippen molar-refractivity contribution in [1.29, 1.82) is 0 Å². The lowest BCUT2D eigenvalue weighted by Crippen LogP contribution is -2.28. The Bertz CT molecular complexity index is 604. The maximum atomic E-state index is 12.6. The largest absolute Gasteiger partial charge is 0.378 e. The summed E-state index contributed by atoms with van der Waals surface area (Å²) in [6, 6.07) is 12.1. The average Bonchev–Trinajstić information content (AvgIpc) is 3.17. The molecule has 4 heteroatoms. The average molecular weight is 300 g/mol. The third-order valence-electron chi connectivity index (χ3n) is 4.05. The number of carbonyl (C=O) groups is 1. The minimum atomic E-state index is 0.152. The summed E-state index contributed by atoms with van der Waals surface area (Å²) < 4.78 is 0. The van der Waals surface area contributed by atoms with Gasteiger partial charge in [0.15, 0.2) is 0 Å². The van der Waals surface area contributed by atoms with Crippen LogP contribution in [0.5, 0.6) is 0 Å². The van der Waals surface area contributed by atoms with Gasteiger partial charge < -0.3 is 9.80 Å². The normalized spacial score (nSPS) is 18.0. The van der Waals surface area contributed by atoms with E-state index in [9.17, 15) is 4.79 Å². The monoisotopic (exact) mass is 300 g/mol. The molecule has 0 aliphatic carbocycles. The molecule has 2 aromatic rings. The molecule has 21 heavy (non-hydrogen) atoms. The predicted molar refractivity (Wildman–Crippen MR) is 88.3 cm³/mol. The van der Waals surface area contributed by atoms with Crippen molar-refractivity contribution in [2.75, 3.05) is 32.1 Å². The second kappa shape index (κ2) is 5.90. The summed E-state index contributed by atoms with van der Waals surface area (Å²) >= 11 is 1.79. The van der Waals surface area contributed by atoms with E-state index in [0.29, 0.717) is 5.92 Å². The SMILES string of the molecule is CN(C)c1ccc(C(=O)N2CC[C@H](c3cccs3)C2)cc1. The lowest BCUT2D eigenvalue weighted by Gasteiger charge is -2.17. The summed E-state index contributed by atoms with van der Waals surface area (Å²) in [6.07, 6.45) is 1.07. The molecular formula is C17H20N2OS. The van der Waals surface area contributed by atoms with Crippen molar-refractivity contribution in [3.63, 3.8) is 0 Å². The Hall–Kier alpha value is -1.81. The lowest BCUT2D eigenvalue weighted by atomic mass is 10.1. The van der Waals surface area contributed by atoms with E-state index in [-0.39, 0.29) is 5.91 Å². The second-order valence-corrected chi connectivity index (χ2v) is 6.67. The van der Waals surface area contributed by atoms with E-state index in [1.54, 1.807) is 11.3 Å². The van der Waals surface area contributed by atoms with Crippen LogP contribution in [0.4, 0.5) is 5.69 Å². The Kier molecular flexibility index (Phi) is 3.97. The van der Waals surface area contributed by atoms with E-state index in [0.717, 1.165) is 30.8 Å². The summed E-state index contributed by atoms with van der Waals surface area (Å²) in [5.41, 5.74) is 1.90. The molecule has 1 aromatic heterocycles. The number of rotatable bonds is 3. The first-order valence-electron chi connectivity index (χ1n) is 7.25. The van der Waals surface area contributed by atoms with E-state index in [4.69, 9.17) is 0 Å². The quantitative estimate of drug-likeness (QED) is 0.867. The zero-order valence-corrected chi connectivity index (χ0v) is 13.3. The molecular weight excluding hydrogens is 280 g/mol. The standard InChI is InChI=1S/C17H20N2OS/c1-18(2)15-7-5-13(6-8-15)17(20)19-10-9-14(12-19)16-4-3-11-21-16/h3-8,11,14H,9-10,12H2,1-2H3/t14-/m0/s1. The summed E-state index contributed by atoms with van der Waals surface area (Å²) in [5, 5.41) is 2.11. The van der Waals surface area contributed by atoms with Gasteiger partial charge in [0.1, 0.15) is 0 Å². The van der Waals surface area contributed by atoms with Crippen LogP contribution in [0, 0.1) is 0 Å². The first-order chi connectivity index (χ1) is 10.1. The molecule has 1 saturated heterocycles. The molecule has 0 unspecified atom stereocenters. The molecule has 3 nitrogen and oxygen atoms in total. The number of hydrogen-bond acceptors (Lipinski definition) is 3. The molecule has 1 aliphatic rings. The van der Waals surface area contributed by atoms with Crippen molar-refractivity contribution in [1.82, 2.24) is 4.90 Å². The lowest BCUT2D eigenvalue weighted by molar-refractivity contribution is 0.0791. The molecule has 0 bridgehead atoms. The Morgan fingerprint density at radius 2 is 2.00 bits per heavy atom. The number of carbonyl (C=O) groups excluding carboxylic acids is 1. The molecule has 2 heterocycles. The van der Waals surface area contributed by atoms with E-state index in [1.165, 1.54) is 4.88 Å². The summed E-state index contributed by atoms with van der Waals surface area (Å²) in [7, 11) is 4.01. The van der Waals surface area contributed by atoms with Gasteiger partial charge in [-0.15, -0.1) is 11.3 Å². The summed E-state index contributed by atoms with van der Waals surface area (Å²) in [6.45, 7) is 1.70. The van der Waals surface area contributed by atoms with Crippen molar-refractivity contribution in [2.24, 2.45) is 0 Å². The minimum Gasteiger partial charge on any atom is -0.378 e. The fraction of sp³-hybridized carbons (Fsp3) is 0.353. The third kappa shape index (κ3) is 2.95. The Balaban J connectivity index is 1.68. The van der Waals surface area contributed by atoms with Crippen LogP contribution < -0.4 is 4.90 Å². The van der Waals surface area contributed by atoms with Gasteiger partial charge in [0.2, 0.25) is 0 Å². The van der Waals surface area contributed by atoms with Gasteiger partial charge in [0.05, 0.1) is 0 Å². The molecule has 0 saturated carbocycles. The van der Waals surface area contributed by atoms with Crippen LogP contribution in [0.15, 0.2) is 41.8 Å². The highest BCUT2D eigenvalue weighted by atomic mass is 32.1. The number of nitrogens with zero attached hydrogens (tertiary/aromatic N) is 2. The van der Waals surface area contributed by atoms with Gasteiger partial charge in [0, 0.05) is 49.2 Å². The fourth-order valence-corrected chi connectivity index (χ4v) is 3.64. The van der Waals surface area contributed by atoms with Crippen LogP contribution in [0.25, 0.3) is 0 Å². The number of benzene rings is 1. The highest BCUT2D eigenvalue weighted by molar-refractivity contribution is 7.10. The van der Waals surface area contributed by atoms with Crippen LogP contribution in [0.1, 0.15) is 27.6 Å². The second-order valence-electron chi connectivity index (χ2n) is 5.69. The first-order valence-corrected chi connectivity index (χ1v) is 8.13. The van der Waals surface area contributed by atoms with Gasteiger partial charge >= 0.3 is 0 Å². The zero-order valence-electron chi connectivity index (χ0n) is 12.5. The van der Waals surface area contributed by atoms with Crippen molar-refractivity contribution in [3.8, 4) is 0 Å². The van der Waals surface area contributed by atoms with Crippen LogP contribution in [-0.4, -0.2) is 38.0 Å². The van der Waals surface area contributed by atoms with E-state index >= 15 is 0 Å². The fourth-order valence-electron chi connectivity index (χ4n) is 2.79. The number of anilines is 1. The van der Waals surface area contributed by atoms with Crippen molar-refractivity contribution < 1.29 is 4.79 Å². The summed E-state index contributed by atoms with van der Waals surface area (Å²) in [5.74, 6) is 0.661. The Morgan fingerprint density at radius 1 is 1.24 bits per heavy atom. The van der Waals surface area contributed by atoms with Gasteiger partial charge in [-0.1, -0.05) is 6.07 Å². The highest BCUT2D eigenvalue weighted by Crippen LogP contribution is 2.31. The van der Waals surface area contributed by atoms with Gasteiger partial charge in [0.25, 0.3) is 5.91 Å². The van der Waals surface area contributed by atoms with Crippen LogP contribution in [0.2, 0.25) is 0 Å². The van der Waals surface area contributed by atoms with Crippen LogP contribution >= 0.6 is 11.3 Å². The first kappa shape index (κ1) is 14.1. The van der Waals surface area contributed by atoms with Crippen molar-refractivity contribution >= 4 is 22.9 Å². The van der Waals surface area contributed by atoms with E-state index < -0.39 is 0 Å². The molecule has 1 fully saturated rings. The third-order valence-corrected chi connectivity index (χ3v) is 5.09. The van der Waals surface area contributed by atoms with Crippen LogP contribution in [-0.2, 0) is 0 Å². The van der Waals surface area contributed by atoms with Gasteiger partial charge in [-0.05, 0) is 42.1 Å². The molecule has 110 valence electrons. The minimum absolute atomic E-state index is 0.152.